The third-order valence-corrected chi connectivity index (χ3v) is 5.10. The number of carbonyl (C=O) groups is 1. The number of hydrogen-bond donors (Lipinski definition) is 2. The molecule has 0 saturated carbocycles. The van der Waals surface area contributed by atoms with Crippen LogP contribution in [0.1, 0.15) is 24.0 Å². The van der Waals surface area contributed by atoms with Gasteiger partial charge in [0, 0.05) is 8.07 Å². The largest absolute Gasteiger partial charge is 0.480 e. The molecule has 0 aliphatic heterocycles. The van der Waals surface area contributed by atoms with E-state index in [1.54, 1.807) is 0 Å². The zero-order valence-corrected chi connectivity index (χ0v) is 13.3. The van der Waals surface area contributed by atoms with Gasteiger partial charge in [-0.05, 0) is 23.5 Å². The molecule has 0 fully saturated rings. The van der Waals surface area contributed by atoms with Gasteiger partial charge in [0.15, 0.2) is 0 Å². The molecule has 0 amide bonds. The Morgan fingerprint density at radius 2 is 1.89 bits per heavy atom. The van der Waals surface area contributed by atoms with Gasteiger partial charge in [-0.25, -0.2) is 0 Å². The Hall–Kier alpha value is -1.13. The molecule has 1 unspecified atom stereocenters. The molecule has 0 aliphatic carbocycles. The van der Waals surface area contributed by atoms with Crippen molar-refractivity contribution in [1.29, 1.82) is 0 Å². The van der Waals surface area contributed by atoms with Gasteiger partial charge in [-0.1, -0.05) is 56.9 Å². The molecule has 3 N–H and O–H groups in total. The standard InChI is InChI=1S/C15H25NO2Si/c1-11(10-19(2,3)4)13-8-6-5-7-12(13)9-14(16)15(17)18/h5-8,11,14H,9-10,16H2,1-4H3,(H,17,18)/t11?,14-/m0/s1. The number of carboxylic acid groups (broad SMARTS) is 1. The summed E-state index contributed by atoms with van der Waals surface area (Å²) in [7, 11) is -1.14. The van der Waals surface area contributed by atoms with Gasteiger partial charge >= 0.3 is 5.97 Å². The molecule has 0 radical (unpaired) electrons. The summed E-state index contributed by atoms with van der Waals surface area (Å²) in [6, 6.07) is 8.46. The summed E-state index contributed by atoms with van der Waals surface area (Å²) in [6.45, 7) is 9.29. The second-order valence-electron chi connectivity index (χ2n) is 6.51. The first-order valence-corrected chi connectivity index (χ1v) is 10.5. The maximum absolute atomic E-state index is 10.9. The molecule has 0 aromatic heterocycles. The van der Waals surface area contributed by atoms with Gasteiger partial charge in [0.05, 0.1) is 0 Å². The molecule has 0 saturated heterocycles. The molecule has 0 spiro atoms. The smallest absolute Gasteiger partial charge is 0.320 e. The lowest BCUT2D eigenvalue weighted by atomic mass is 9.93. The molecule has 1 aromatic carbocycles. The Balaban J connectivity index is 2.92. The van der Waals surface area contributed by atoms with Gasteiger partial charge in [-0.2, -0.15) is 0 Å². The fourth-order valence-corrected chi connectivity index (χ4v) is 4.61. The van der Waals surface area contributed by atoms with Crippen molar-refractivity contribution in [2.75, 3.05) is 0 Å². The lowest BCUT2D eigenvalue weighted by Crippen LogP contribution is -2.32. The monoisotopic (exact) mass is 279 g/mol. The molecule has 1 rings (SSSR count). The molecule has 19 heavy (non-hydrogen) atoms. The normalized spacial score (nSPS) is 15.0. The van der Waals surface area contributed by atoms with E-state index in [1.807, 2.05) is 18.2 Å². The van der Waals surface area contributed by atoms with Crippen LogP contribution in [0, 0.1) is 0 Å². The summed E-state index contributed by atoms with van der Waals surface area (Å²) in [5.41, 5.74) is 7.98. The Kier molecular flexibility index (Phi) is 5.32. The number of aliphatic carboxylic acids is 1. The second kappa shape index (κ2) is 6.35. The average Bonchev–Trinajstić information content (AvgIpc) is 2.27. The molecule has 3 nitrogen and oxygen atoms in total. The summed E-state index contributed by atoms with van der Waals surface area (Å²) in [5, 5.41) is 8.94. The molecule has 4 heteroatoms. The van der Waals surface area contributed by atoms with E-state index in [2.05, 4.69) is 32.6 Å². The first kappa shape index (κ1) is 15.9. The van der Waals surface area contributed by atoms with Gasteiger partial charge in [-0.3, -0.25) is 4.79 Å². The number of nitrogens with two attached hydrogens (primary N) is 1. The van der Waals surface area contributed by atoms with Crippen LogP contribution in [0.25, 0.3) is 0 Å². The van der Waals surface area contributed by atoms with E-state index in [-0.39, 0.29) is 0 Å². The first-order chi connectivity index (χ1) is 8.70. The van der Waals surface area contributed by atoms with Crippen molar-refractivity contribution in [3.8, 4) is 0 Å². The van der Waals surface area contributed by atoms with E-state index in [9.17, 15) is 4.79 Å². The van der Waals surface area contributed by atoms with Crippen LogP contribution in [0.15, 0.2) is 24.3 Å². The van der Waals surface area contributed by atoms with Gasteiger partial charge in [0.25, 0.3) is 0 Å². The van der Waals surface area contributed by atoms with Crippen LogP contribution in [0.3, 0.4) is 0 Å². The van der Waals surface area contributed by atoms with Gasteiger partial charge < -0.3 is 10.8 Å². The molecule has 1 aromatic rings. The molecule has 0 aliphatic rings. The number of benzene rings is 1. The van der Waals surface area contributed by atoms with Gasteiger partial charge in [0.1, 0.15) is 6.04 Å². The Morgan fingerprint density at radius 3 is 2.42 bits per heavy atom. The topological polar surface area (TPSA) is 63.3 Å². The van der Waals surface area contributed by atoms with E-state index in [1.165, 1.54) is 11.6 Å². The molecule has 0 heterocycles. The van der Waals surface area contributed by atoms with Crippen LogP contribution < -0.4 is 5.73 Å². The zero-order chi connectivity index (χ0) is 14.6. The van der Waals surface area contributed by atoms with Crippen molar-refractivity contribution in [1.82, 2.24) is 0 Å². The highest BCUT2D eigenvalue weighted by Gasteiger charge is 2.21. The Morgan fingerprint density at radius 1 is 1.32 bits per heavy atom. The Bertz CT molecular complexity index is 440. The minimum Gasteiger partial charge on any atom is -0.480 e. The first-order valence-electron chi connectivity index (χ1n) is 6.77. The van der Waals surface area contributed by atoms with Crippen LogP contribution in [-0.4, -0.2) is 25.2 Å². The van der Waals surface area contributed by atoms with Crippen LogP contribution >= 0.6 is 0 Å². The van der Waals surface area contributed by atoms with E-state index < -0.39 is 20.1 Å². The molecule has 0 bridgehead atoms. The minimum absolute atomic E-state index is 0.404. The summed E-state index contributed by atoms with van der Waals surface area (Å²) in [5.74, 6) is -0.475. The summed E-state index contributed by atoms with van der Waals surface area (Å²) in [4.78, 5) is 10.9. The van der Waals surface area contributed by atoms with E-state index >= 15 is 0 Å². The molecule has 2 atom stereocenters. The predicted octanol–water partition coefficient (Wildman–Crippen LogP) is 3.08. The quantitative estimate of drug-likeness (QED) is 0.787. The van der Waals surface area contributed by atoms with Crippen molar-refractivity contribution in [2.24, 2.45) is 5.73 Å². The van der Waals surface area contributed by atoms with Crippen molar-refractivity contribution in [2.45, 2.75) is 51.0 Å². The maximum Gasteiger partial charge on any atom is 0.320 e. The maximum atomic E-state index is 10.9. The summed E-state index contributed by atoms with van der Waals surface area (Å²) >= 11 is 0. The SMILES string of the molecule is CC(C[Si](C)(C)C)c1ccccc1C[C@H](N)C(=O)O. The van der Waals surface area contributed by atoms with Gasteiger partial charge in [-0.15, -0.1) is 0 Å². The number of carboxylic acids is 1. The van der Waals surface area contributed by atoms with Crippen LogP contribution in [0.5, 0.6) is 0 Å². The lowest BCUT2D eigenvalue weighted by molar-refractivity contribution is -0.138. The Labute approximate surface area is 116 Å². The summed E-state index contributed by atoms with van der Waals surface area (Å²) < 4.78 is 0. The van der Waals surface area contributed by atoms with Crippen LogP contribution in [-0.2, 0) is 11.2 Å². The minimum atomic E-state index is -1.14. The zero-order valence-electron chi connectivity index (χ0n) is 12.3. The molecular formula is C15H25NO2Si. The van der Waals surface area contributed by atoms with Crippen molar-refractivity contribution in [3.05, 3.63) is 35.4 Å². The average molecular weight is 279 g/mol. The predicted molar refractivity (Wildman–Crippen MR) is 82.3 cm³/mol. The molecular weight excluding hydrogens is 254 g/mol. The highest BCUT2D eigenvalue weighted by atomic mass is 28.3. The second-order valence-corrected chi connectivity index (χ2v) is 12.0. The highest BCUT2D eigenvalue weighted by Crippen LogP contribution is 2.29. The molecule has 106 valence electrons. The van der Waals surface area contributed by atoms with Crippen molar-refractivity contribution in [3.63, 3.8) is 0 Å². The van der Waals surface area contributed by atoms with E-state index in [4.69, 9.17) is 10.8 Å². The van der Waals surface area contributed by atoms with Crippen LogP contribution in [0.2, 0.25) is 25.7 Å². The van der Waals surface area contributed by atoms with E-state index in [0.29, 0.717) is 12.3 Å². The number of hydrogen-bond acceptors (Lipinski definition) is 2. The third-order valence-electron chi connectivity index (χ3n) is 3.26. The van der Waals surface area contributed by atoms with Crippen LogP contribution in [0.4, 0.5) is 0 Å². The lowest BCUT2D eigenvalue weighted by Gasteiger charge is -2.24. The summed E-state index contributed by atoms with van der Waals surface area (Å²) in [6.07, 6.45) is 0.404. The van der Waals surface area contributed by atoms with Crippen molar-refractivity contribution < 1.29 is 9.90 Å². The third kappa shape index (κ3) is 5.16. The highest BCUT2D eigenvalue weighted by molar-refractivity contribution is 6.76. The fraction of sp³-hybridized carbons (Fsp3) is 0.533. The van der Waals surface area contributed by atoms with E-state index in [0.717, 1.165) is 5.56 Å². The van der Waals surface area contributed by atoms with Gasteiger partial charge in [0.2, 0.25) is 0 Å². The van der Waals surface area contributed by atoms with Crippen molar-refractivity contribution >= 4 is 14.0 Å². The number of rotatable bonds is 6. The fourth-order valence-electron chi connectivity index (χ4n) is 2.55.